The number of ketones is 2. The molecule has 0 saturated heterocycles. The van der Waals surface area contributed by atoms with Gasteiger partial charge in [0.1, 0.15) is 0 Å². The Morgan fingerprint density at radius 1 is 0.892 bits per heavy atom. The fourth-order valence-electron chi connectivity index (χ4n) is 4.49. The third kappa shape index (κ3) is 5.07. The zero-order valence-electron chi connectivity index (χ0n) is 21.2. The Labute approximate surface area is 215 Å². The van der Waals surface area contributed by atoms with Gasteiger partial charge in [0.15, 0.2) is 0 Å². The Morgan fingerprint density at radius 2 is 1.54 bits per heavy atom. The second kappa shape index (κ2) is 11.0. The van der Waals surface area contributed by atoms with Crippen molar-refractivity contribution in [3.05, 3.63) is 112 Å². The number of methoxy groups -OCH3 is 2. The number of rotatable bonds is 8. The molecular formula is C30H28N2O5. The Bertz CT molecular complexity index is 1410. The number of benzene rings is 2. The minimum absolute atomic E-state index is 0.105. The van der Waals surface area contributed by atoms with Crippen LogP contribution >= 0.6 is 0 Å². The number of amides is 1. The van der Waals surface area contributed by atoms with Crippen LogP contribution in [0.1, 0.15) is 41.4 Å². The van der Waals surface area contributed by atoms with Gasteiger partial charge in [-0.2, -0.15) is 0 Å². The highest BCUT2D eigenvalue weighted by molar-refractivity contribution is 6.23. The van der Waals surface area contributed by atoms with Crippen molar-refractivity contribution in [3.8, 4) is 11.1 Å². The molecule has 1 aliphatic rings. The van der Waals surface area contributed by atoms with Crippen molar-refractivity contribution < 1.29 is 23.9 Å². The third-order valence-electron chi connectivity index (χ3n) is 6.47. The molecule has 0 saturated carbocycles. The van der Waals surface area contributed by atoms with E-state index in [0.29, 0.717) is 16.7 Å². The molecule has 188 valence electrons. The van der Waals surface area contributed by atoms with Gasteiger partial charge in [-0.25, -0.2) is 0 Å². The molecule has 37 heavy (non-hydrogen) atoms. The number of carbonyl (C=O) groups excluding carboxylic acids is 3. The molecule has 0 radical (unpaired) electrons. The Morgan fingerprint density at radius 3 is 2.19 bits per heavy atom. The molecule has 2 aromatic carbocycles. The Hall–Kier alpha value is -4.52. The van der Waals surface area contributed by atoms with Gasteiger partial charge >= 0.3 is 0 Å². The van der Waals surface area contributed by atoms with Gasteiger partial charge in [0.05, 0.1) is 20.3 Å². The van der Waals surface area contributed by atoms with Crippen molar-refractivity contribution in [2.24, 2.45) is 0 Å². The van der Waals surface area contributed by atoms with Gasteiger partial charge < -0.3 is 14.8 Å². The van der Waals surface area contributed by atoms with Crippen molar-refractivity contribution in [3.63, 3.8) is 0 Å². The Kier molecular flexibility index (Phi) is 7.63. The first kappa shape index (κ1) is 25.6. The summed E-state index contributed by atoms with van der Waals surface area (Å²) in [4.78, 5) is 43.8. The highest BCUT2D eigenvalue weighted by Gasteiger charge is 2.35. The highest BCUT2D eigenvalue weighted by Crippen LogP contribution is 2.33. The Balaban J connectivity index is 1.77. The number of ether oxygens (including phenoxy) is 2. The molecule has 4 rings (SSSR count). The number of hydrogen-bond acceptors (Lipinski definition) is 6. The monoisotopic (exact) mass is 496 g/mol. The summed E-state index contributed by atoms with van der Waals surface area (Å²) in [5.74, 6) is -1.29. The summed E-state index contributed by atoms with van der Waals surface area (Å²) >= 11 is 0. The van der Waals surface area contributed by atoms with E-state index in [0.717, 1.165) is 16.7 Å². The summed E-state index contributed by atoms with van der Waals surface area (Å²) in [5.41, 5.74) is 4.19. The maximum absolute atomic E-state index is 13.5. The van der Waals surface area contributed by atoms with Crippen LogP contribution in [0.2, 0.25) is 0 Å². The lowest BCUT2D eigenvalue weighted by molar-refractivity contribution is -0.121. The minimum Gasteiger partial charge on any atom is -0.489 e. The predicted octanol–water partition coefficient (Wildman–Crippen LogP) is 4.75. The van der Waals surface area contributed by atoms with Crippen molar-refractivity contribution in [1.82, 2.24) is 10.3 Å². The number of pyridine rings is 1. The van der Waals surface area contributed by atoms with E-state index in [2.05, 4.69) is 10.3 Å². The van der Waals surface area contributed by atoms with E-state index in [1.807, 2.05) is 55.5 Å². The lowest BCUT2D eigenvalue weighted by Gasteiger charge is -2.22. The van der Waals surface area contributed by atoms with Gasteiger partial charge in [-0.15, -0.1) is 0 Å². The number of nitrogens with zero attached hydrogens (tertiary/aromatic N) is 1. The molecule has 0 bridgehead atoms. The zero-order chi connectivity index (χ0) is 26.5. The van der Waals surface area contributed by atoms with Crippen LogP contribution in [0.25, 0.3) is 11.1 Å². The highest BCUT2D eigenvalue weighted by atomic mass is 16.5. The number of aromatic nitrogens is 1. The molecule has 0 fully saturated rings. The number of allylic oxidation sites excluding steroid dienone is 2. The predicted molar refractivity (Wildman–Crippen MR) is 139 cm³/mol. The van der Waals surface area contributed by atoms with Gasteiger partial charge in [-0.3, -0.25) is 19.4 Å². The van der Waals surface area contributed by atoms with Crippen LogP contribution in [0.4, 0.5) is 0 Å². The van der Waals surface area contributed by atoms with Gasteiger partial charge in [0, 0.05) is 35.5 Å². The van der Waals surface area contributed by atoms with Crippen molar-refractivity contribution in [2.45, 2.75) is 26.3 Å². The van der Waals surface area contributed by atoms with Crippen LogP contribution in [0.5, 0.6) is 0 Å². The molecule has 1 N–H and O–H groups in total. The smallest absolute Gasteiger partial charge is 0.252 e. The van der Waals surface area contributed by atoms with Crippen molar-refractivity contribution >= 4 is 17.5 Å². The van der Waals surface area contributed by atoms with Gasteiger partial charge in [0.2, 0.25) is 23.1 Å². The standard InChI is InChI=1S/C30H28N2O5/c1-18-24(27(34)29(37-4)28(36-3)26(18)33)17-22-11-8-12-23(25(22)21-13-15-31-16-14-21)30(35)32-19(2)20-9-6-5-7-10-20/h5-16,19H,17H2,1-4H3,(H,32,35). The van der Waals surface area contributed by atoms with Crippen molar-refractivity contribution in [1.29, 1.82) is 0 Å². The topological polar surface area (TPSA) is 94.6 Å². The molecule has 1 amide bonds. The summed E-state index contributed by atoms with van der Waals surface area (Å²) in [6, 6.07) is 18.5. The van der Waals surface area contributed by atoms with Crippen LogP contribution in [-0.2, 0) is 25.5 Å². The summed E-state index contributed by atoms with van der Waals surface area (Å²) in [6.07, 6.45) is 3.43. The van der Waals surface area contributed by atoms with Gasteiger partial charge in [-0.1, -0.05) is 42.5 Å². The fraction of sp³-hybridized carbons (Fsp3) is 0.200. The summed E-state index contributed by atoms with van der Waals surface area (Å²) < 4.78 is 10.4. The molecule has 1 aromatic heterocycles. The third-order valence-corrected chi connectivity index (χ3v) is 6.47. The van der Waals surface area contributed by atoms with E-state index in [1.54, 1.807) is 31.5 Å². The average molecular weight is 497 g/mol. The zero-order valence-corrected chi connectivity index (χ0v) is 21.2. The summed E-state index contributed by atoms with van der Waals surface area (Å²) in [7, 11) is 2.66. The average Bonchev–Trinajstić information content (AvgIpc) is 2.93. The SMILES string of the molecule is COC1=C(OC)C(=O)C(Cc2cccc(C(=O)NC(C)c3ccccc3)c2-c2ccncc2)=C(C)C1=O. The molecule has 3 aromatic rings. The van der Waals surface area contributed by atoms with E-state index in [9.17, 15) is 14.4 Å². The maximum Gasteiger partial charge on any atom is 0.252 e. The van der Waals surface area contributed by atoms with Gasteiger partial charge in [0.25, 0.3) is 5.91 Å². The van der Waals surface area contributed by atoms with Crippen LogP contribution in [0, 0.1) is 0 Å². The van der Waals surface area contributed by atoms with Gasteiger partial charge in [-0.05, 0) is 54.3 Å². The first-order valence-electron chi connectivity index (χ1n) is 11.9. The van der Waals surface area contributed by atoms with Crippen LogP contribution < -0.4 is 5.32 Å². The lowest BCUT2D eigenvalue weighted by Crippen LogP contribution is -2.28. The normalized spacial score (nSPS) is 14.5. The van der Waals surface area contributed by atoms with Crippen LogP contribution in [-0.4, -0.2) is 36.7 Å². The molecule has 0 aliphatic heterocycles. The number of carbonyl (C=O) groups is 3. The lowest BCUT2D eigenvalue weighted by atomic mass is 9.85. The minimum atomic E-state index is -0.412. The van der Waals surface area contributed by atoms with Crippen LogP contribution in [0.15, 0.2) is 95.7 Å². The first-order valence-corrected chi connectivity index (χ1v) is 11.9. The molecule has 0 spiro atoms. The number of Topliss-reactive ketones (excluding diaryl/α,β-unsaturated/α-hetero) is 2. The molecular weight excluding hydrogens is 468 g/mol. The van der Waals surface area contributed by atoms with Crippen molar-refractivity contribution in [2.75, 3.05) is 14.2 Å². The number of nitrogens with one attached hydrogen (secondary N) is 1. The first-order chi connectivity index (χ1) is 17.9. The van der Waals surface area contributed by atoms with E-state index in [4.69, 9.17) is 9.47 Å². The van der Waals surface area contributed by atoms with E-state index < -0.39 is 11.6 Å². The second-order valence-electron chi connectivity index (χ2n) is 8.69. The molecule has 1 aliphatic carbocycles. The quantitative estimate of drug-likeness (QED) is 0.452. The molecule has 1 atom stereocenters. The fourth-order valence-corrected chi connectivity index (χ4v) is 4.49. The largest absolute Gasteiger partial charge is 0.489 e. The van der Waals surface area contributed by atoms with E-state index in [-0.39, 0.29) is 35.5 Å². The molecule has 7 nitrogen and oxygen atoms in total. The molecule has 1 heterocycles. The van der Waals surface area contributed by atoms with Crippen LogP contribution in [0.3, 0.4) is 0 Å². The molecule has 1 unspecified atom stereocenters. The summed E-state index contributed by atoms with van der Waals surface area (Å²) in [6.45, 7) is 3.53. The second-order valence-corrected chi connectivity index (χ2v) is 8.69. The van der Waals surface area contributed by atoms with E-state index >= 15 is 0 Å². The summed E-state index contributed by atoms with van der Waals surface area (Å²) in [5, 5.41) is 3.08. The molecule has 7 heteroatoms. The maximum atomic E-state index is 13.5. The van der Waals surface area contributed by atoms with E-state index in [1.165, 1.54) is 14.2 Å². The number of hydrogen-bond donors (Lipinski definition) is 1.